The SMILES string of the molecule is CC1CCCC1NS(=O)(=O)Cc1cccc(CN)c1. The Hall–Kier alpha value is -0.910. The standard InChI is InChI=1S/C14H22N2O2S/c1-11-4-2-7-14(11)16-19(17,18)10-13-6-3-5-12(8-13)9-15/h3,5-6,8,11,14,16H,2,4,7,9-10,15H2,1H3. The van der Waals surface area contributed by atoms with Crippen LogP contribution in [0.5, 0.6) is 0 Å². The third kappa shape index (κ3) is 4.03. The van der Waals surface area contributed by atoms with E-state index >= 15 is 0 Å². The van der Waals surface area contributed by atoms with Crippen molar-refractivity contribution in [3.8, 4) is 0 Å². The molecule has 0 saturated heterocycles. The molecular weight excluding hydrogens is 260 g/mol. The summed E-state index contributed by atoms with van der Waals surface area (Å²) in [5.74, 6) is 0.467. The van der Waals surface area contributed by atoms with Gasteiger partial charge in [-0.1, -0.05) is 37.6 Å². The molecule has 1 aromatic carbocycles. The van der Waals surface area contributed by atoms with Crippen molar-refractivity contribution in [1.29, 1.82) is 0 Å². The zero-order valence-electron chi connectivity index (χ0n) is 11.3. The van der Waals surface area contributed by atoms with Crippen molar-refractivity contribution in [3.05, 3.63) is 35.4 Å². The van der Waals surface area contributed by atoms with Crippen LogP contribution in [0.4, 0.5) is 0 Å². The Labute approximate surface area is 115 Å². The van der Waals surface area contributed by atoms with Crippen LogP contribution in [0.1, 0.15) is 37.3 Å². The van der Waals surface area contributed by atoms with Gasteiger partial charge in [-0.2, -0.15) is 0 Å². The van der Waals surface area contributed by atoms with Crippen molar-refractivity contribution in [2.75, 3.05) is 0 Å². The fourth-order valence-corrected chi connectivity index (χ4v) is 4.17. The van der Waals surface area contributed by atoms with Crippen LogP contribution in [-0.4, -0.2) is 14.5 Å². The summed E-state index contributed by atoms with van der Waals surface area (Å²) in [6.07, 6.45) is 3.16. The molecule has 1 aliphatic carbocycles. The van der Waals surface area contributed by atoms with Gasteiger partial charge in [0.05, 0.1) is 5.75 Å². The molecule has 19 heavy (non-hydrogen) atoms. The quantitative estimate of drug-likeness (QED) is 0.864. The predicted molar refractivity (Wildman–Crippen MR) is 76.9 cm³/mol. The topological polar surface area (TPSA) is 72.2 Å². The first-order chi connectivity index (χ1) is 9.00. The van der Waals surface area contributed by atoms with E-state index in [0.717, 1.165) is 30.4 Å². The highest BCUT2D eigenvalue weighted by atomic mass is 32.2. The summed E-state index contributed by atoms with van der Waals surface area (Å²) in [5.41, 5.74) is 7.32. The van der Waals surface area contributed by atoms with Gasteiger partial charge in [-0.15, -0.1) is 0 Å². The number of hydrogen-bond donors (Lipinski definition) is 2. The van der Waals surface area contributed by atoms with E-state index in [0.29, 0.717) is 12.5 Å². The van der Waals surface area contributed by atoms with E-state index < -0.39 is 10.0 Å². The molecule has 0 radical (unpaired) electrons. The van der Waals surface area contributed by atoms with Crippen molar-refractivity contribution in [3.63, 3.8) is 0 Å². The molecule has 4 nitrogen and oxygen atoms in total. The summed E-state index contributed by atoms with van der Waals surface area (Å²) in [7, 11) is -3.27. The average molecular weight is 282 g/mol. The molecule has 106 valence electrons. The lowest BCUT2D eigenvalue weighted by Gasteiger charge is -2.17. The molecule has 1 aliphatic rings. The Bertz CT molecular complexity index is 528. The van der Waals surface area contributed by atoms with Crippen LogP contribution < -0.4 is 10.5 Å². The number of nitrogens with one attached hydrogen (secondary N) is 1. The van der Waals surface area contributed by atoms with E-state index in [1.165, 1.54) is 0 Å². The molecule has 0 bridgehead atoms. The van der Waals surface area contributed by atoms with Crippen molar-refractivity contribution >= 4 is 10.0 Å². The molecule has 2 atom stereocenters. The number of rotatable bonds is 5. The van der Waals surface area contributed by atoms with Gasteiger partial charge in [0.15, 0.2) is 0 Å². The smallest absolute Gasteiger partial charge is 0.216 e. The Morgan fingerprint density at radius 1 is 1.32 bits per heavy atom. The van der Waals surface area contributed by atoms with Crippen molar-refractivity contribution in [2.24, 2.45) is 11.7 Å². The van der Waals surface area contributed by atoms with Gasteiger partial charge in [0, 0.05) is 12.6 Å². The van der Waals surface area contributed by atoms with E-state index in [9.17, 15) is 8.42 Å². The number of hydrogen-bond acceptors (Lipinski definition) is 3. The molecule has 2 unspecified atom stereocenters. The number of nitrogens with two attached hydrogens (primary N) is 1. The maximum absolute atomic E-state index is 12.2. The summed E-state index contributed by atoms with van der Waals surface area (Å²) >= 11 is 0. The van der Waals surface area contributed by atoms with Gasteiger partial charge < -0.3 is 5.73 Å². The highest BCUT2D eigenvalue weighted by Crippen LogP contribution is 2.25. The maximum atomic E-state index is 12.2. The Morgan fingerprint density at radius 3 is 2.68 bits per heavy atom. The van der Waals surface area contributed by atoms with E-state index in [2.05, 4.69) is 11.6 Å². The van der Waals surface area contributed by atoms with E-state index in [1.54, 1.807) is 0 Å². The summed E-state index contributed by atoms with van der Waals surface area (Å²) in [4.78, 5) is 0. The van der Waals surface area contributed by atoms with E-state index in [1.807, 2.05) is 24.3 Å². The molecule has 0 aromatic heterocycles. The molecule has 3 N–H and O–H groups in total. The molecule has 0 amide bonds. The fraction of sp³-hybridized carbons (Fsp3) is 0.571. The summed E-state index contributed by atoms with van der Waals surface area (Å²) in [5, 5.41) is 0. The zero-order chi connectivity index (χ0) is 13.9. The molecule has 1 fully saturated rings. The highest BCUT2D eigenvalue weighted by Gasteiger charge is 2.27. The van der Waals surface area contributed by atoms with Crippen LogP contribution in [0.25, 0.3) is 0 Å². The summed E-state index contributed by atoms with van der Waals surface area (Å²) in [6.45, 7) is 2.54. The number of sulfonamides is 1. The molecule has 0 heterocycles. The van der Waals surface area contributed by atoms with E-state index in [-0.39, 0.29) is 11.8 Å². The first-order valence-electron chi connectivity index (χ1n) is 6.78. The van der Waals surface area contributed by atoms with E-state index in [4.69, 9.17) is 5.73 Å². The summed E-state index contributed by atoms with van der Waals surface area (Å²) in [6, 6.07) is 7.55. The van der Waals surface area contributed by atoms with Crippen molar-refractivity contribution < 1.29 is 8.42 Å². The van der Waals surface area contributed by atoms with Crippen LogP contribution in [0, 0.1) is 5.92 Å². The van der Waals surface area contributed by atoms with Crippen LogP contribution in [0.2, 0.25) is 0 Å². The van der Waals surface area contributed by atoms with Gasteiger partial charge >= 0.3 is 0 Å². The van der Waals surface area contributed by atoms with Gasteiger partial charge in [0.2, 0.25) is 10.0 Å². The fourth-order valence-electron chi connectivity index (χ4n) is 2.66. The van der Waals surface area contributed by atoms with Gasteiger partial charge in [-0.3, -0.25) is 0 Å². The zero-order valence-corrected chi connectivity index (χ0v) is 12.1. The lowest BCUT2D eigenvalue weighted by Crippen LogP contribution is -2.37. The minimum Gasteiger partial charge on any atom is -0.326 e. The Balaban J connectivity index is 2.03. The average Bonchev–Trinajstić information content (AvgIpc) is 2.74. The first kappa shape index (κ1) is 14.5. The Kier molecular flexibility index (Phi) is 4.60. The van der Waals surface area contributed by atoms with Gasteiger partial charge in [-0.25, -0.2) is 13.1 Å². The minimum absolute atomic E-state index is 0.0318. The molecule has 0 aliphatic heterocycles. The first-order valence-corrected chi connectivity index (χ1v) is 8.43. The van der Waals surface area contributed by atoms with Crippen LogP contribution in [0.15, 0.2) is 24.3 Å². The third-order valence-corrected chi connectivity index (χ3v) is 5.15. The molecular formula is C14H22N2O2S. The lowest BCUT2D eigenvalue weighted by atomic mass is 10.1. The summed E-state index contributed by atoms with van der Waals surface area (Å²) < 4.78 is 27.1. The molecule has 0 spiro atoms. The van der Waals surface area contributed by atoms with Gasteiger partial charge in [0.25, 0.3) is 0 Å². The van der Waals surface area contributed by atoms with Crippen LogP contribution in [0.3, 0.4) is 0 Å². The van der Waals surface area contributed by atoms with Crippen LogP contribution >= 0.6 is 0 Å². The second kappa shape index (κ2) is 6.03. The normalized spacial score (nSPS) is 23.7. The largest absolute Gasteiger partial charge is 0.326 e. The van der Waals surface area contributed by atoms with Crippen molar-refractivity contribution in [2.45, 2.75) is 44.5 Å². The molecule has 1 saturated carbocycles. The Morgan fingerprint density at radius 2 is 2.05 bits per heavy atom. The maximum Gasteiger partial charge on any atom is 0.216 e. The second-order valence-electron chi connectivity index (χ2n) is 5.42. The van der Waals surface area contributed by atoms with Crippen LogP contribution in [-0.2, 0) is 22.3 Å². The molecule has 2 rings (SSSR count). The van der Waals surface area contributed by atoms with Crippen molar-refractivity contribution in [1.82, 2.24) is 4.72 Å². The predicted octanol–water partition coefficient (Wildman–Crippen LogP) is 1.75. The number of benzene rings is 1. The third-order valence-electron chi connectivity index (χ3n) is 3.78. The van der Waals surface area contributed by atoms with Gasteiger partial charge in [0.1, 0.15) is 0 Å². The molecule has 5 heteroatoms. The molecule has 1 aromatic rings. The lowest BCUT2D eigenvalue weighted by molar-refractivity contribution is 0.476. The monoisotopic (exact) mass is 282 g/mol. The minimum atomic E-state index is -3.27. The second-order valence-corrected chi connectivity index (χ2v) is 7.17. The highest BCUT2D eigenvalue weighted by molar-refractivity contribution is 7.88. The van der Waals surface area contributed by atoms with Gasteiger partial charge in [-0.05, 0) is 29.9 Å².